The molecule has 0 saturated carbocycles. The van der Waals surface area contributed by atoms with E-state index in [2.05, 4.69) is 5.32 Å². The van der Waals surface area contributed by atoms with Crippen LogP contribution in [0.5, 0.6) is 5.75 Å². The fraction of sp³-hybridized carbons (Fsp3) is 0.200. The first-order valence-corrected chi connectivity index (χ1v) is 6.29. The van der Waals surface area contributed by atoms with Gasteiger partial charge < -0.3 is 14.6 Å². The van der Waals surface area contributed by atoms with Gasteiger partial charge in [-0.05, 0) is 18.2 Å². The third-order valence-corrected chi connectivity index (χ3v) is 2.71. The summed E-state index contributed by atoms with van der Waals surface area (Å²) in [6.45, 7) is 0.307. The Balaban J connectivity index is 1.80. The number of hydrogen-bond donors (Lipinski definition) is 1. The topological polar surface area (TPSA) is 60.3 Å². The molecule has 1 aromatic heterocycles. The van der Waals surface area contributed by atoms with Crippen molar-refractivity contribution in [2.75, 3.05) is 11.9 Å². The Morgan fingerprint density at radius 3 is 2.65 bits per heavy atom. The van der Waals surface area contributed by atoms with E-state index < -0.39 is 0 Å². The molecule has 2 aromatic rings. The molecule has 0 bridgehead atoms. The van der Waals surface area contributed by atoms with Gasteiger partial charge in [0.05, 0.1) is 18.7 Å². The van der Waals surface area contributed by atoms with Crippen LogP contribution in [0.2, 0.25) is 0 Å². The number of pyridine rings is 1. The summed E-state index contributed by atoms with van der Waals surface area (Å²) in [5.41, 5.74) is 0.479. The van der Waals surface area contributed by atoms with Crippen LogP contribution in [0.4, 0.5) is 5.69 Å². The summed E-state index contributed by atoms with van der Waals surface area (Å²) in [6.07, 6.45) is 1.83. The van der Waals surface area contributed by atoms with Gasteiger partial charge in [0.2, 0.25) is 11.5 Å². The van der Waals surface area contributed by atoms with Gasteiger partial charge in [-0.2, -0.15) is 0 Å². The van der Waals surface area contributed by atoms with Gasteiger partial charge in [0, 0.05) is 19.3 Å². The first kappa shape index (κ1) is 13.9. The van der Waals surface area contributed by atoms with Gasteiger partial charge in [0.15, 0.2) is 0 Å². The predicted molar refractivity (Wildman–Crippen MR) is 76.9 cm³/mol. The summed E-state index contributed by atoms with van der Waals surface area (Å²) >= 11 is 0. The summed E-state index contributed by atoms with van der Waals surface area (Å²) in [6, 6.07) is 12.3. The normalized spacial score (nSPS) is 10.1. The molecular weight excluding hydrogens is 256 g/mol. The molecule has 1 amide bonds. The molecule has 0 aliphatic heterocycles. The van der Waals surface area contributed by atoms with Gasteiger partial charge in [-0.25, -0.2) is 0 Å². The van der Waals surface area contributed by atoms with Crippen LogP contribution in [-0.2, 0) is 11.8 Å². The third-order valence-electron chi connectivity index (χ3n) is 2.71. The summed E-state index contributed by atoms with van der Waals surface area (Å²) in [5, 5.41) is 2.72. The van der Waals surface area contributed by atoms with E-state index in [0.29, 0.717) is 12.3 Å². The van der Waals surface area contributed by atoms with Crippen molar-refractivity contribution >= 4 is 11.6 Å². The van der Waals surface area contributed by atoms with Crippen LogP contribution in [0, 0.1) is 0 Å². The van der Waals surface area contributed by atoms with Gasteiger partial charge in [-0.1, -0.05) is 18.2 Å². The zero-order valence-electron chi connectivity index (χ0n) is 11.2. The third kappa shape index (κ3) is 3.98. The minimum absolute atomic E-state index is 0.115. The van der Waals surface area contributed by atoms with E-state index in [1.807, 2.05) is 30.3 Å². The molecule has 0 aliphatic carbocycles. The Kier molecular flexibility index (Phi) is 4.55. The standard InChI is InChI=1S/C15H16N2O3/c1-17-11-12(7-8-15(17)19)16-14(18)9-10-20-13-5-3-2-4-6-13/h2-8,11H,9-10H2,1H3,(H,16,18). The van der Waals surface area contributed by atoms with E-state index in [4.69, 9.17) is 4.74 Å². The van der Waals surface area contributed by atoms with Gasteiger partial charge in [0.25, 0.3) is 0 Å². The molecule has 0 fully saturated rings. The first-order valence-electron chi connectivity index (χ1n) is 6.29. The van der Waals surface area contributed by atoms with Crippen LogP contribution < -0.4 is 15.6 Å². The number of amides is 1. The Labute approximate surface area is 116 Å². The van der Waals surface area contributed by atoms with Crippen LogP contribution in [0.25, 0.3) is 0 Å². The molecule has 5 nitrogen and oxygen atoms in total. The largest absolute Gasteiger partial charge is 0.493 e. The van der Waals surface area contributed by atoms with Gasteiger partial charge in [-0.15, -0.1) is 0 Å². The van der Waals surface area contributed by atoms with E-state index in [1.54, 1.807) is 19.3 Å². The molecule has 1 aromatic carbocycles. The molecule has 5 heteroatoms. The fourth-order valence-corrected chi connectivity index (χ4v) is 1.67. The molecule has 0 unspecified atom stereocenters. The highest BCUT2D eigenvalue weighted by atomic mass is 16.5. The number of anilines is 1. The van der Waals surface area contributed by atoms with Crippen molar-refractivity contribution in [2.45, 2.75) is 6.42 Å². The lowest BCUT2D eigenvalue weighted by Crippen LogP contribution is -2.19. The number of nitrogens with zero attached hydrogens (tertiary/aromatic N) is 1. The number of carbonyl (C=O) groups is 1. The molecule has 104 valence electrons. The summed E-state index contributed by atoms with van der Waals surface area (Å²) in [5.74, 6) is 0.585. The number of aromatic nitrogens is 1. The number of hydrogen-bond acceptors (Lipinski definition) is 3. The molecule has 0 aliphatic rings. The lowest BCUT2D eigenvalue weighted by Gasteiger charge is -2.08. The summed E-state index contributed by atoms with van der Waals surface area (Å²) < 4.78 is 6.85. The second kappa shape index (κ2) is 6.56. The maximum Gasteiger partial charge on any atom is 0.250 e. The average Bonchev–Trinajstić information content (AvgIpc) is 2.44. The quantitative estimate of drug-likeness (QED) is 0.902. The predicted octanol–water partition coefficient (Wildman–Crippen LogP) is 1.79. The Hall–Kier alpha value is -2.56. The number of benzene rings is 1. The molecule has 0 atom stereocenters. The van der Waals surface area contributed by atoms with Crippen molar-refractivity contribution in [3.05, 3.63) is 59.0 Å². The van der Waals surface area contributed by atoms with Crippen molar-refractivity contribution < 1.29 is 9.53 Å². The lowest BCUT2D eigenvalue weighted by atomic mass is 10.3. The molecule has 1 heterocycles. The second-order valence-electron chi connectivity index (χ2n) is 4.33. The zero-order valence-corrected chi connectivity index (χ0v) is 11.2. The number of para-hydroxylation sites is 1. The second-order valence-corrected chi connectivity index (χ2v) is 4.33. The zero-order chi connectivity index (χ0) is 14.4. The highest BCUT2D eigenvalue weighted by molar-refractivity contribution is 5.90. The van der Waals surface area contributed by atoms with Crippen LogP contribution in [0.3, 0.4) is 0 Å². The highest BCUT2D eigenvalue weighted by Crippen LogP contribution is 2.09. The molecule has 1 N–H and O–H groups in total. The molecule has 0 radical (unpaired) electrons. The van der Waals surface area contributed by atoms with Gasteiger partial charge in [-0.3, -0.25) is 9.59 Å². The van der Waals surface area contributed by atoms with Gasteiger partial charge >= 0.3 is 0 Å². The first-order chi connectivity index (χ1) is 9.65. The Morgan fingerprint density at radius 1 is 1.20 bits per heavy atom. The maximum absolute atomic E-state index is 11.7. The van der Waals surface area contributed by atoms with Crippen molar-refractivity contribution in [1.82, 2.24) is 4.57 Å². The van der Waals surface area contributed by atoms with Crippen molar-refractivity contribution in [2.24, 2.45) is 7.05 Å². The monoisotopic (exact) mass is 272 g/mol. The van der Waals surface area contributed by atoms with Crippen LogP contribution in [0.1, 0.15) is 6.42 Å². The maximum atomic E-state index is 11.7. The van der Waals surface area contributed by atoms with Crippen molar-refractivity contribution in [1.29, 1.82) is 0 Å². The van der Waals surface area contributed by atoms with E-state index in [1.165, 1.54) is 10.6 Å². The van der Waals surface area contributed by atoms with Crippen molar-refractivity contribution in [3.8, 4) is 5.75 Å². The fourth-order valence-electron chi connectivity index (χ4n) is 1.67. The molecule has 0 spiro atoms. The van der Waals surface area contributed by atoms with Crippen molar-refractivity contribution in [3.63, 3.8) is 0 Å². The molecule has 20 heavy (non-hydrogen) atoms. The highest BCUT2D eigenvalue weighted by Gasteiger charge is 2.03. The van der Waals surface area contributed by atoms with Gasteiger partial charge in [0.1, 0.15) is 5.75 Å². The molecule has 2 rings (SSSR count). The summed E-state index contributed by atoms with van der Waals surface area (Å²) in [7, 11) is 1.64. The average molecular weight is 272 g/mol. The van der Waals surface area contributed by atoms with Crippen LogP contribution in [0.15, 0.2) is 53.5 Å². The van der Waals surface area contributed by atoms with Crippen LogP contribution in [-0.4, -0.2) is 17.1 Å². The molecule has 0 saturated heterocycles. The number of rotatable bonds is 5. The lowest BCUT2D eigenvalue weighted by molar-refractivity contribution is -0.116. The van der Waals surface area contributed by atoms with E-state index in [9.17, 15) is 9.59 Å². The number of nitrogens with one attached hydrogen (secondary N) is 1. The summed E-state index contributed by atoms with van der Waals surface area (Å²) in [4.78, 5) is 22.9. The van der Waals surface area contributed by atoms with E-state index in [-0.39, 0.29) is 17.9 Å². The van der Waals surface area contributed by atoms with E-state index in [0.717, 1.165) is 5.75 Å². The van der Waals surface area contributed by atoms with Crippen LogP contribution >= 0.6 is 0 Å². The Bertz CT molecular complexity index is 635. The smallest absolute Gasteiger partial charge is 0.250 e. The number of carbonyl (C=O) groups excluding carboxylic acids is 1. The Morgan fingerprint density at radius 2 is 1.95 bits per heavy atom. The number of aryl methyl sites for hydroxylation is 1. The number of ether oxygens (including phenoxy) is 1. The van der Waals surface area contributed by atoms with E-state index >= 15 is 0 Å². The minimum atomic E-state index is -0.153. The molecular formula is C15H16N2O3. The SMILES string of the molecule is Cn1cc(NC(=O)CCOc2ccccc2)ccc1=O. The minimum Gasteiger partial charge on any atom is -0.493 e.